The van der Waals surface area contributed by atoms with Gasteiger partial charge in [0.25, 0.3) is 0 Å². The molecule has 0 aliphatic carbocycles. The van der Waals surface area contributed by atoms with Gasteiger partial charge in [-0.2, -0.15) is 0 Å². The second-order valence-electron chi connectivity index (χ2n) is 4.14. The van der Waals surface area contributed by atoms with Gasteiger partial charge in [-0.05, 0) is 41.4 Å². The molecule has 2 heterocycles. The van der Waals surface area contributed by atoms with E-state index in [1.165, 1.54) is 4.88 Å². The van der Waals surface area contributed by atoms with Gasteiger partial charge < -0.3 is 10.1 Å². The van der Waals surface area contributed by atoms with E-state index in [0.29, 0.717) is 5.92 Å². The molecule has 0 radical (unpaired) electrons. The highest BCUT2D eigenvalue weighted by Crippen LogP contribution is 2.39. The second-order valence-corrected chi connectivity index (χ2v) is 6.68. The van der Waals surface area contributed by atoms with Crippen molar-refractivity contribution in [2.45, 2.75) is 25.5 Å². The van der Waals surface area contributed by atoms with Crippen LogP contribution >= 0.6 is 38.9 Å². The minimum absolute atomic E-state index is 0.242. The summed E-state index contributed by atoms with van der Waals surface area (Å²) in [4.78, 5) is 1.23. The van der Waals surface area contributed by atoms with Crippen LogP contribution in [0.5, 0.6) is 0 Å². The lowest BCUT2D eigenvalue weighted by atomic mass is 9.97. The minimum Gasteiger partial charge on any atom is -0.376 e. The first-order valence-electron chi connectivity index (χ1n) is 5.37. The van der Waals surface area contributed by atoms with E-state index in [2.05, 4.69) is 34.2 Å². The molecule has 3 atom stereocenters. The predicted molar refractivity (Wildman–Crippen MR) is 72.4 cm³/mol. The normalized spacial score (nSPS) is 27.2. The lowest BCUT2D eigenvalue weighted by Crippen LogP contribution is -2.31. The summed E-state index contributed by atoms with van der Waals surface area (Å²) in [5.74, 6) is 0.595. The summed E-state index contributed by atoms with van der Waals surface area (Å²) < 4.78 is 7.59. The van der Waals surface area contributed by atoms with Crippen molar-refractivity contribution in [3.05, 3.63) is 19.8 Å². The van der Waals surface area contributed by atoms with E-state index in [1.54, 1.807) is 11.3 Å². The van der Waals surface area contributed by atoms with Gasteiger partial charge in [-0.1, -0.05) is 18.5 Å². The average molecular weight is 325 g/mol. The standard InChI is InChI=1S/C11H15BrClNOS/c1-6-3-4-15-10(6)9(14-2)8-5-7(12)11(13)16-8/h5-6,9-10,14H,3-4H2,1-2H3. The van der Waals surface area contributed by atoms with Gasteiger partial charge in [-0.3, -0.25) is 0 Å². The van der Waals surface area contributed by atoms with E-state index < -0.39 is 0 Å². The molecule has 1 aromatic heterocycles. The van der Waals surface area contributed by atoms with Gasteiger partial charge in [0.15, 0.2) is 0 Å². The first-order valence-corrected chi connectivity index (χ1v) is 7.36. The Morgan fingerprint density at radius 1 is 1.69 bits per heavy atom. The molecule has 1 aliphatic heterocycles. The van der Waals surface area contributed by atoms with E-state index >= 15 is 0 Å². The Labute approximate surface area is 113 Å². The van der Waals surface area contributed by atoms with Crippen LogP contribution in [0, 0.1) is 5.92 Å². The Kier molecular flexibility index (Phi) is 4.30. The Hall–Kier alpha value is 0.390. The molecular weight excluding hydrogens is 310 g/mol. The van der Waals surface area contributed by atoms with Gasteiger partial charge in [-0.25, -0.2) is 0 Å². The molecule has 1 aromatic rings. The molecule has 0 aromatic carbocycles. The molecule has 1 fully saturated rings. The Morgan fingerprint density at radius 2 is 2.44 bits per heavy atom. The maximum absolute atomic E-state index is 6.08. The smallest absolute Gasteiger partial charge is 0.107 e. The molecule has 1 N–H and O–H groups in total. The van der Waals surface area contributed by atoms with Crippen molar-refractivity contribution in [2.75, 3.05) is 13.7 Å². The zero-order valence-corrected chi connectivity index (χ0v) is 12.5. The van der Waals surface area contributed by atoms with Gasteiger partial charge in [0, 0.05) is 16.0 Å². The third-order valence-electron chi connectivity index (χ3n) is 3.05. The summed E-state index contributed by atoms with van der Waals surface area (Å²) in [6, 6.07) is 2.33. The summed E-state index contributed by atoms with van der Waals surface area (Å²) in [6.45, 7) is 3.11. The Balaban J connectivity index is 2.21. The summed E-state index contributed by atoms with van der Waals surface area (Å²) in [6.07, 6.45) is 1.40. The molecule has 1 aliphatic rings. The monoisotopic (exact) mass is 323 g/mol. The number of ether oxygens (including phenoxy) is 1. The van der Waals surface area contributed by atoms with Crippen molar-refractivity contribution < 1.29 is 4.74 Å². The van der Waals surface area contributed by atoms with E-state index in [1.807, 2.05) is 7.05 Å². The van der Waals surface area contributed by atoms with Crippen LogP contribution in [-0.4, -0.2) is 19.8 Å². The highest BCUT2D eigenvalue weighted by Gasteiger charge is 2.33. The number of rotatable bonds is 3. The molecule has 90 valence electrons. The zero-order chi connectivity index (χ0) is 11.7. The lowest BCUT2D eigenvalue weighted by molar-refractivity contribution is 0.0641. The van der Waals surface area contributed by atoms with Gasteiger partial charge in [0.1, 0.15) is 4.34 Å². The van der Waals surface area contributed by atoms with Crippen LogP contribution in [0.1, 0.15) is 24.3 Å². The van der Waals surface area contributed by atoms with E-state index in [-0.39, 0.29) is 12.1 Å². The summed E-state index contributed by atoms with van der Waals surface area (Å²) in [5, 5.41) is 3.34. The minimum atomic E-state index is 0.242. The molecule has 0 bridgehead atoms. The Morgan fingerprint density at radius 3 is 2.88 bits per heavy atom. The summed E-state index contributed by atoms with van der Waals surface area (Å²) in [5.41, 5.74) is 0. The fourth-order valence-electron chi connectivity index (χ4n) is 2.13. The van der Waals surface area contributed by atoms with Crippen molar-refractivity contribution in [2.24, 2.45) is 5.92 Å². The SMILES string of the molecule is CNC(c1cc(Br)c(Cl)s1)C1OCCC1C. The van der Waals surface area contributed by atoms with Crippen LogP contribution in [0.2, 0.25) is 4.34 Å². The molecule has 5 heteroatoms. The number of halogens is 2. The molecule has 3 unspecified atom stereocenters. The highest BCUT2D eigenvalue weighted by molar-refractivity contribution is 9.10. The fraction of sp³-hybridized carbons (Fsp3) is 0.636. The summed E-state index contributed by atoms with van der Waals surface area (Å²) in [7, 11) is 1.97. The molecule has 0 spiro atoms. The van der Waals surface area contributed by atoms with Gasteiger partial charge in [0.05, 0.1) is 12.1 Å². The summed E-state index contributed by atoms with van der Waals surface area (Å²) >= 11 is 11.1. The number of hydrogen-bond acceptors (Lipinski definition) is 3. The zero-order valence-electron chi connectivity index (χ0n) is 9.30. The predicted octanol–water partition coefficient (Wildman–Crippen LogP) is 3.85. The quantitative estimate of drug-likeness (QED) is 0.912. The van der Waals surface area contributed by atoms with Crippen molar-refractivity contribution >= 4 is 38.9 Å². The molecule has 0 saturated carbocycles. The number of likely N-dealkylation sites (N-methyl/N-ethyl adjacent to an activating group) is 1. The van der Waals surface area contributed by atoms with Gasteiger partial charge in [0.2, 0.25) is 0 Å². The topological polar surface area (TPSA) is 21.3 Å². The van der Waals surface area contributed by atoms with Crippen molar-refractivity contribution in [3.63, 3.8) is 0 Å². The number of thiophene rings is 1. The third-order valence-corrected chi connectivity index (χ3v) is 5.61. The van der Waals surface area contributed by atoms with Crippen LogP contribution in [0.15, 0.2) is 10.5 Å². The second kappa shape index (κ2) is 5.36. The van der Waals surface area contributed by atoms with Crippen molar-refractivity contribution in [1.29, 1.82) is 0 Å². The third kappa shape index (κ3) is 2.46. The lowest BCUT2D eigenvalue weighted by Gasteiger charge is -2.24. The van der Waals surface area contributed by atoms with Gasteiger partial charge in [-0.15, -0.1) is 11.3 Å². The van der Waals surface area contributed by atoms with E-state index in [9.17, 15) is 0 Å². The van der Waals surface area contributed by atoms with Crippen LogP contribution in [0.4, 0.5) is 0 Å². The first-order chi connectivity index (χ1) is 7.63. The Bertz CT molecular complexity index is 351. The highest BCUT2D eigenvalue weighted by atomic mass is 79.9. The van der Waals surface area contributed by atoms with Crippen molar-refractivity contribution in [3.8, 4) is 0 Å². The van der Waals surface area contributed by atoms with E-state index in [0.717, 1.165) is 21.8 Å². The first kappa shape index (κ1) is 12.8. The molecule has 16 heavy (non-hydrogen) atoms. The van der Waals surface area contributed by atoms with Crippen LogP contribution < -0.4 is 5.32 Å². The van der Waals surface area contributed by atoms with Crippen LogP contribution in [0.25, 0.3) is 0 Å². The molecule has 2 nitrogen and oxygen atoms in total. The molecule has 0 amide bonds. The fourth-order valence-corrected chi connectivity index (χ4v) is 4.01. The number of hydrogen-bond donors (Lipinski definition) is 1. The largest absolute Gasteiger partial charge is 0.376 e. The maximum atomic E-state index is 6.08. The van der Waals surface area contributed by atoms with E-state index in [4.69, 9.17) is 16.3 Å². The average Bonchev–Trinajstić information content (AvgIpc) is 2.78. The van der Waals surface area contributed by atoms with Crippen molar-refractivity contribution in [1.82, 2.24) is 5.32 Å². The van der Waals surface area contributed by atoms with Gasteiger partial charge >= 0.3 is 0 Å². The van der Waals surface area contributed by atoms with Crippen LogP contribution in [0.3, 0.4) is 0 Å². The van der Waals surface area contributed by atoms with Crippen LogP contribution in [-0.2, 0) is 4.74 Å². The maximum Gasteiger partial charge on any atom is 0.107 e. The number of nitrogens with one attached hydrogen (secondary N) is 1. The molecular formula is C11H15BrClNOS. The molecule has 2 rings (SSSR count). The molecule has 1 saturated heterocycles.